The molecule has 0 spiro atoms. The summed E-state index contributed by atoms with van der Waals surface area (Å²) in [4.78, 5) is 26.0. The first kappa shape index (κ1) is 18.0. The Balaban J connectivity index is 1.59. The number of ether oxygens (including phenoxy) is 1. The number of piperidine rings is 1. The van der Waals surface area contributed by atoms with Crippen molar-refractivity contribution in [2.24, 2.45) is 13.0 Å². The largest absolute Gasteiger partial charge is 0.466 e. The van der Waals surface area contributed by atoms with E-state index in [0.717, 1.165) is 11.3 Å². The van der Waals surface area contributed by atoms with Crippen molar-refractivity contribution in [2.75, 3.05) is 25.0 Å². The molecule has 1 aliphatic heterocycles. The molecule has 2 amide bonds. The van der Waals surface area contributed by atoms with Crippen molar-refractivity contribution < 1.29 is 14.3 Å². The number of amides is 2. The van der Waals surface area contributed by atoms with Gasteiger partial charge in [0.15, 0.2) is 5.82 Å². The highest BCUT2D eigenvalue weighted by molar-refractivity contribution is 5.89. The molecule has 0 unspecified atom stereocenters. The molecule has 3 rings (SSSR count). The number of hydrogen-bond acceptors (Lipinski definition) is 4. The zero-order chi connectivity index (χ0) is 18.5. The minimum absolute atomic E-state index is 0.112. The van der Waals surface area contributed by atoms with Crippen LogP contribution in [0.15, 0.2) is 36.4 Å². The van der Waals surface area contributed by atoms with E-state index in [1.165, 1.54) is 0 Å². The molecule has 0 saturated carbocycles. The van der Waals surface area contributed by atoms with Crippen LogP contribution in [-0.2, 0) is 16.6 Å². The van der Waals surface area contributed by atoms with E-state index in [1.54, 1.807) is 16.5 Å². The smallest absolute Gasteiger partial charge is 0.323 e. The van der Waals surface area contributed by atoms with Gasteiger partial charge < -0.3 is 9.64 Å². The fourth-order valence-electron chi connectivity index (χ4n) is 3.17. The Labute approximate surface area is 152 Å². The van der Waals surface area contributed by atoms with Gasteiger partial charge in [0, 0.05) is 26.2 Å². The van der Waals surface area contributed by atoms with Gasteiger partial charge in [-0.1, -0.05) is 30.3 Å². The summed E-state index contributed by atoms with van der Waals surface area (Å²) in [6.45, 7) is 3.27. The number of nitrogens with one attached hydrogen (secondary N) is 1. The molecule has 1 aromatic carbocycles. The van der Waals surface area contributed by atoms with Crippen LogP contribution in [0.1, 0.15) is 19.8 Å². The van der Waals surface area contributed by atoms with Crippen LogP contribution in [0.2, 0.25) is 0 Å². The number of benzene rings is 1. The van der Waals surface area contributed by atoms with Gasteiger partial charge in [-0.15, -0.1) is 0 Å². The van der Waals surface area contributed by atoms with Gasteiger partial charge in [-0.05, 0) is 25.3 Å². The maximum atomic E-state index is 12.5. The zero-order valence-electron chi connectivity index (χ0n) is 15.1. The van der Waals surface area contributed by atoms with Gasteiger partial charge in [0.2, 0.25) is 0 Å². The topological polar surface area (TPSA) is 76.5 Å². The van der Waals surface area contributed by atoms with Gasteiger partial charge in [-0.25, -0.2) is 4.79 Å². The third-order valence-corrected chi connectivity index (χ3v) is 4.59. The van der Waals surface area contributed by atoms with E-state index in [2.05, 4.69) is 10.4 Å². The molecule has 1 N–H and O–H groups in total. The summed E-state index contributed by atoms with van der Waals surface area (Å²) in [5.74, 6) is 0.243. The molecule has 0 radical (unpaired) electrons. The molecule has 138 valence electrons. The fourth-order valence-corrected chi connectivity index (χ4v) is 3.17. The van der Waals surface area contributed by atoms with E-state index in [4.69, 9.17) is 4.74 Å². The number of likely N-dealkylation sites (tertiary alicyclic amines) is 1. The van der Waals surface area contributed by atoms with Gasteiger partial charge in [0.25, 0.3) is 0 Å². The molecule has 2 heterocycles. The Morgan fingerprint density at radius 1 is 1.23 bits per heavy atom. The number of nitrogens with zero attached hydrogens (tertiary/aromatic N) is 3. The molecule has 1 fully saturated rings. The number of carbonyl (C=O) groups excluding carboxylic acids is 2. The van der Waals surface area contributed by atoms with Crippen molar-refractivity contribution in [1.29, 1.82) is 0 Å². The lowest BCUT2D eigenvalue weighted by atomic mass is 9.97. The second kappa shape index (κ2) is 8.03. The van der Waals surface area contributed by atoms with Crippen LogP contribution in [0.3, 0.4) is 0 Å². The molecule has 1 aliphatic rings. The number of rotatable bonds is 4. The molecule has 7 nitrogen and oxygen atoms in total. The van der Waals surface area contributed by atoms with Crippen LogP contribution in [0.25, 0.3) is 11.3 Å². The zero-order valence-corrected chi connectivity index (χ0v) is 15.1. The van der Waals surface area contributed by atoms with Gasteiger partial charge in [0.1, 0.15) is 0 Å². The number of aryl methyl sites for hydroxylation is 1. The van der Waals surface area contributed by atoms with Gasteiger partial charge in [-0.2, -0.15) is 5.10 Å². The van der Waals surface area contributed by atoms with Crippen LogP contribution < -0.4 is 5.32 Å². The first-order valence-electron chi connectivity index (χ1n) is 8.90. The minimum Gasteiger partial charge on any atom is -0.466 e. The molecule has 7 heteroatoms. The predicted octanol–water partition coefficient (Wildman–Crippen LogP) is 2.89. The van der Waals surface area contributed by atoms with E-state index in [9.17, 15) is 9.59 Å². The molecule has 1 saturated heterocycles. The second-order valence-electron chi connectivity index (χ2n) is 6.35. The Kier molecular flexibility index (Phi) is 5.55. The van der Waals surface area contributed by atoms with Crippen molar-refractivity contribution in [3.05, 3.63) is 36.4 Å². The van der Waals surface area contributed by atoms with Crippen molar-refractivity contribution in [3.8, 4) is 11.3 Å². The molecule has 1 aromatic heterocycles. The summed E-state index contributed by atoms with van der Waals surface area (Å²) in [7, 11) is 1.85. The lowest BCUT2D eigenvalue weighted by Crippen LogP contribution is -2.42. The summed E-state index contributed by atoms with van der Waals surface area (Å²) in [6, 6.07) is 11.6. The van der Waals surface area contributed by atoms with Crippen LogP contribution in [-0.4, -0.2) is 46.4 Å². The minimum atomic E-state index is -0.190. The normalized spacial score (nSPS) is 14.9. The maximum absolute atomic E-state index is 12.5. The Bertz CT molecular complexity index is 764. The third kappa shape index (κ3) is 4.04. The molecule has 0 atom stereocenters. The number of hydrogen-bond donors (Lipinski definition) is 1. The quantitative estimate of drug-likeness (QED) is 0.855. The number of esters is 1. The van der Waals surface area contributed by atoms with Crippen molar-refractivity contribution in [3.63, 3.8) is 0 Å². The van der Waals surface area contributed by atoms with Gasteiger partial charge >= 0.3 is 12.0 Å². The summed E-state index contributed by atoms with van der Waals surface area (Å²) in [5, 5.41) is 7.22. The first-order valence-corrected chi connectivity index (χ1v) is 8.90. The van der Waals surface area contributed by atoms with Gasteiger partial charge in [-0.3, -0.25) is 14.8 Å². The van der Waals surface area contributed by atoms with E-state index in [1.807, 2.05) is 43.4 Å². The van der Waals surface area contributed by atoms with E-state index in [0.29, 0.717) is 38.4 Å². The highest BCUT2D eigenvalue weighted by Gasteiger charge is 2.28. The third-order valence-electron chi connectivity index (χ3n) is 4.59. The average Bonchev–Trinajstić information content (AvgIpc) is 3.03. The maximum Gasteiger partial charge on any atom is 0.323 e. The fraction of sp³-hybridized carbons (Fsp3) is 0.421. The molecular formula is C19H24N4O3. The molecule has 2 aromatic rings. The Morgan fingerprint density at radius 3 is 2.58 bits per heavy atom. The van der Waals surface area contributed by atoms with Crippen LogP contribution >= 0.6 is 0 Å². The number of aromatic nitrogens is 2. The molecule has 26 heavy (non-hydrogen) atoms. The van der Waals surface area contributed by atoms with Crippen LogP contribution in [0, 0.1) is 5.92 Å². The average molecular weight is 356 g/mol. The SMILES string of the molecule is CCOC(=O)C1CCN(C(=O)Nc2cc(-c3ccccc3)n(C)n2)CC1. The highest BCUT2D eigenvalue weighted by Crippen LogP contribution is 2.23. The van der Waals surface area contributed by atoms with Crippen LogP contribution in [0.4, 0.5) is 10.6 Å². The Morgan fingerprint density at radius 2 is 1.92 bits per heavy atom. The van der Waals surface area contributed by atoms with E-state index >= 15 is 0 Å². The number of urea groups is 1. The lowest BCUT2D eigenvalue weighted by molar-refractivity contribution is -0.149. The van der Waals surface area contributed by atoms with Gasteiger partial charge in [0.05, 0.1) is 18.2 Å². The summed E-state index contributed by atoms with van der Waals surface area (Å²) >= 11 is 0. The van der Waals surface area contributed by atoms with Crippen molar-refractivity contribution in [1.82, 2.24) is 14.7 Å². The predicted molar refractivity (Wildman–Crippen MR) is 98.6 cm³/mol. The number of carbonyl (C=O) groups is 2. The van der Waals surface area contributed by atoms with Crippen molar-refractivity contribution in [2.45, 2.75) is 19.8 Å². The summed E-state index contributed by atoms with van der Waals surface area (Å²) in [5.41, 5.74) is 1.97. The first-order chi connectivity index (χ1) is 12.6. The van der Waals surface area contributed by atoms with E-state index < -0.39 is 0 Å². The highest BCUT2D eigenvalue weighted by atomic mass is 16.5. The second-order valence-corrected chi connectivity index (χ2v) is 6.35. The number of anilines is 1. The van der Waals surface area contributed by atoms with E-state index in [-0.39, 0.29) is 17.9 Å². The molecular weight excluding hydrogens is 332 g/mol. The standard InChI is InChI=1S/C19H24N4O3/c1-3-26-18(24)15-9-11-23(12-10-15)19(25)20-17-13-16(22(2)21-17)14-7-5-4-6-8-14/h4-8,13,15H,3,9-12H2,1-2H3,(H,20,21,25). The lowest BCUT2D eigenvalue weighted by Gasteiger charge is -2.30. The van der Waals surface area contributed by atoms with Crippen LogP contribution in [0.5, 0.6) is 0 Å². The monoisotopic (exact) mass is 356 g/mol. The summed E-state index contributed by atoms with van der Waals surface area (Å²) < 4.78 is 6.81. The molecule has 0 bridgehead atoms. The van der Waals surface area contributed by atoms with Crippen molar-refractivity contribution >= 4 is 17.8 Å². The Hall–Kier alpha value is -2.83. The molecule has 0 aliphatic carbocycles. The summed E-state index contributed by atoms with van der Waals surface area (Å²) in [6.07, 6.45) is 1.26.